The predicted octanol–water partition coefficient (Wildman–Crippen LogP) is 2.97. The minimum Gasteiger partial charge on any atom is -0.460 e. The number of carbonyl (C=O) groups excluding carboxylic acids is 4. The minimum atomic E-state index is -1.27. The van der Waals surface area contributed by atoms with E-state index >= 15 is 0 Å². The molecule has 3 fully saturated rings. The SMILES string of the molecule is C[C@@H]1CNC(=O)CC/C=C\CN(C2CCCCC2)C(=O)[C@@H]2N(CCCCCCO)C(=O)[C@H]3[C@H](C(=O)O1)[C@H]1O[C@@]23C=C1Br. The van der Waals surface area contributed by atoms with E-state index in [2.05, 4.69) is 21.2 Å². The molecule has 11 heteroatoms. The largest absolute Gasteiger partial charge is 0.460 e. The number of unbranched alkanes of at least 4 members (excludes halogenated alkanes) is 3. The number of halogens is 1. The van der Waals surface area contributed by atoms with Crippen molar-refractivity contribution in [2.75, 3.05) is 26.2 Å². The number of rotatable bonds is 7. The van der Waals surface area contributed by atoms with Crippen LogP contribution < -0.4 is 5.32 Å². The number of hydrogen-bond acceptors (Lipinski definition) is 7. The Labute approximate surface area is 256 Å². The van der Waals surface area contributed by atoms with Crippen LogP contribution in [0.5, 0.6) is 0 Å². The second kappa shape index (κ2) is 13.6. The number of fused-ring (bicyclic) bond motifs is 2. The number of hydrogen-bond donors (Lipinski definition) is 2. The summed E-state index contributed by atoms with van der Waals surface area (Å²) in [5.74, 6) is -2.87. The van der Waals surface area contributed by atoms with Crippen LogP contribution in [-0.4, -0.2) is 94.7 Å². The zero-order chi connectivity index (χ0) is 29.9. The van der Waals surface area contributed by atoms with Crippen LogP contribution in [-0.2, 0) is 28.7 Å². The molecule has 5 aliphatic rings. The van der Waals surface area contributed by atoms with Crippen LogP contribution in [0, 0.1) is 11.8 Å². The van der Waals surface area contributed by atoms with Gasteiger partial charge in [-0.1, -0.05) is 60.2 Å². The molecule has 4 aliphatic heterocycles. The Morgan fingerprint density at radius 3 is 2.57 bits per heavy atom. The summed E-state index contributed by atoms with van der Waals surface area (Å²) < 4.78 is 13.0. The number of aliphatic hydroxyl groups excluding tert-OH is 1. The minimum absolute atomic E-state index is 0.0471. The van der Waals surface area contributed by atoms with Gasteiger partial charge in [0, 0.05) is 36.6 Å². The molecule has 2 N–H and O–H groups in total. The smallest absolute Gasteiger partial charge is 0.313 e. The van der Waals surface area contributed by atoms with Gasteiger partial charge in [0.25, 0.3) is 0 Å². The quantitative estimate of drug-likeness (QED) is 0.247. The Morgan fingerprint density at radius 2 is 1.81 bits per heavy atom. The third-order valence-corrected chi connectivity index (χ3v) is 10.1. The van der Waals surface area contributed by atoms with Crippen molar-refractivity contribution in [3.05, 3.63) is 22.7 Å². The highest BCUT2D eigenvalue weighted by Gasteiger charge is 2.75. The van der Waals surface area contributed by atoms with Crippen molar-refractivity contribution < 1.29 is 33.8 Å². The van der Waals surface area contributed by atoms with Gasteiger partial charge in [0.15, 0.2) is 0 Å². The van der Waals surface area contributed by atoms with Crippen LogP contribution in [0.1, 0.15) is 77.6 Å². The predicted molar refractivity (Wildman–Crippen MR) is 158 cm³/mol. The first kappa shape index (κ1) is 31.2. The molecule has 4 heterocycles. The highest BCUT2D eigenvalue weighted by molar-refractivity contribution is 9.11. The molecule has 6 atom stereocenters. The number of ether oxygens (including phenoxy) is 2. The fourth-order valence-corrected chi connectivity index (χ4v) is 8.14. The zero-order valence-corrected chi connectivity index (χ0v) is 26.1. The van der Waals surface area contributed by atoms with Crippen molar-refractivity contribution in [2.45, 2.75) is 107 Å². The first-order chi connectivity index (χ1) is 20.3. The Kier molecular flexibility index (Phi) is 10.1. The van der Waals surface area contributed by atoms with Gasteiger partial charge >= 0.3 is 5.97 Å². The molecular weight excluding hydrogens is 606 g/mol. The summed E-state index contributed by atoms with van der Waals surface area (Å²) in [6.45, 7) is 2.77. The number of likely N-dealkylation sites (tertiary alicyclic amines) is 1. The Balaban J connectivity index is 1.53. The maximum atomic E-state index is 14.8. The lowest BCUT2D eigenvalue weighted by Crippen LogP contribution is -2.58. The monoisotopic (exact) mass is 649 g/mol. The molecule has 0 aromatic heterocycles. The third-order valence-electron chi connectivity index (χ3n) is 9.45. The second-order valence-electron chi connectivity index (χ2n) is 12.3. The molecule has 1 spiro atoms. The van der Waals surface area contributed by atoms with E-state index in [4.69, 9.17) is 9.47 Å². The molecule has 1 aliphatic carbocycles. The van der Waals surface area contributed by atoms with Gasteiger partial charge in [0.05, 0.1) is 12.5 Å². The number of nitrogens with zero attached hydrogens (tertiary/aromatic N) is 2. The molecule has 2 saturated heterocycles. The summed E-state index contributed by atoms with van der Waals surface area (Å²) in [5, 5.41) is 12.0. The van der Waals surface area contributed by atoms with Gasteiger partial charge in [0.2, 0.25) is 17.7 Å². The molecule has 0 aromatic rings. The fourth-order valence-electron chi connectivity index (χ4n) is 7.41. The number of aliphatic hydroxyl groups is 1. The molecule has 1 saturated carbocycles. The molecule has 42 heavy (non-hydrogen) atoms. The fraction of sp³-hybridized carbons (Fsp3) is 0.742. The van der Waals surface area contributed by atoms with Gasteiger partial charge in [-0.15, -0.1) is 0 Å². The van der Waals surface area contributed by atoms with Crippen molar-refractivity contribution in [1.29, 1.82) is 0 Å². The van der Waals surface area contributed by atoms with E-state index < -0.39 is 41.7 Å². The molecule has 0 radical (unpaired) electrons. The lowest BCUT2D eigenvalue weighted by Gasteiger charge is -2.40. The topological polar surface area (TPSA) is 125 Å². The molecule has 5 rings (SSSR count). The molecular formula is C31H44BrN3O7. The second-order valence-corrected chi connectivity index (χ2v) is 13.3. The normalized spacial score (nSPS) is 35.2. The van der Waals surface area contributed by atoms with Crippen molar-refractivity contribution in [3.8, 4) is 0 Å². The summed E-state index contributed by atoms with van der Waals surface area (Å²) in [4.78, 5) is 58.6. The summed E-state index contributed by atoms with van der Waals surface area (Å²) >= 11 is 3.59. The lowest BCUT2D eigenvalue weighted by atomic mass is 9.74. The highest BCUT2D eigenvalue weighted by Crippen LogP contribution is 2.59. The van der Waals surface area contributed by atoms with Gasteiger partial charge in [-0.3, -0.25) is 19.2 Å². The summed E-state index contributed by atoms with van der Waals surface area (Å²) in [6, 6.07) is -0.847. The number of allylic oxidation sites excluding steroid dienone is 1. The number of amides is 3. The summed E-state index contributed by atoms with van der Waals surface area (Å²) in [5.41, 5.74) is -1.27. The standard InChI is InChI=1S/C31H44BrN3O7/c1-20-19-33-23(37)14-8-5-10-15-34(21-12-6-4-7-13-21)29(39)27-31-18-22(32)26(42-31)24(30(40)41-20)25(31)28(38)35(27)16-9-2-3-11-17-36/h5,10,18,20-21,24-27,36H,2-4,6-9,11-17,19H2,1H3,(H,33,37)/b10-5-/t20-,24+,25-,26+,27+,31-/m1/s1. The van der Waals surface area contributed by atoms with Gasteiger partial charge in [-0.05, 0) is 45.1 Å². The average molecular weight is 651 g/mol. The Morgan fingerprint density at radius 1 is 1.05 bits per heavy atom. The molecule has 10 nitrogen and oxygen atoms in total. The Hall–Kier alpha value is -2.24. The first-order valence-corrected chi connectivity index (χ1v) is 16.5. The van der Waals surface area contributed by atoms with Crippen LogP contribution in [0.25, 0.3) is 0 Å². The number of cyclic esters (lactones) is 1. The van der Waals surface area contributed by atoms with E-state index in [1.54, 1.807) is 11.8 Å². The van der Waals surface area contributed by atoms with Crippen LogP contribution in [0.4, 0.5) is 0 Å². The van der Waals surface area contributed by atoms with E-state index in [0.29, 0.717) is 43.3 Å². The highest BCUT2D eigenvalue weighted by atomic mass is 79.9. The van der Waals surface area contributed by atoms with Crippen LogP contribution in [0.15, 0.2) is 22.7 Å². The number of esters is 1. The molecule has 0 aromatic carbocycles. The maximum Gasteiger partial charge on any atom is 0.313 e. The van der Waals surface area contributed by atoms with Gasteiger partial charge in [-0.25, -0.2) is 0 Å². The number of carbonyl (C=O) groups is 4. The van der Waals surface area contributed by atoms with Gasteiger partial charge in [0.1, 0.15) is 29.8 Å². The van der Waals surface area contributed by atoms with E-state index in [1.165, 1.54) is 0 Å². The Bertz CT molecular complexity index is 1110. The van der Waals surface area contributed by atoms with E-state index in [-0.39, 0.29) is 36.9 Å². The molecule has 0 unspecified atom stereocenters. The van der Waals surface area contributed by atoms with Crippen molar-refractivity contribution >= 4 is 39.6 Å². The lowest BCUT2D eigenvalue weighted by molar-refractivity contribution is -0.158. The van der Waals surface area contributed by atoms with Crippen LogP contribution in [0.2, 0.25) is 0 Å². The molecule has 5 bridgehead atoms. The van der Waals surface area contributed by atoms with E-state index in [1.807, 2.05) is 23.1 Å². The van der Waals surface area contributed by atoms with Crippen LogP contribution >= 0.6 is 15.9 Å². The summed E-state index contributed by atoms with van der Waals surface area (Å²) in [7, 11) is 0. The van der Waals surface area contributed by atoms with E-state index in [0.717, 1.165) is 44.9 Å². The number of nitrogens with one attached hydrogen (secondary N) is 1. The van der Waals surface area contributed by atoms with Gasteiger partial charge < -0.3 is 29.7 Å². The summed E-state index contributed by atoms with van der Waals surface area (Å²) in [6.07, 6.45) is 13.3. The molecule has 232 valence electrons. The van der Waals surface area contributed by atoms with E-state index in [9.17, 15) is 24.3 Å². The van der Waals surface area contributed by atoms with Gasteiger partial charge in [-0.2, -0.15) is 0 Å². The van der Waals surface area contributed by atoms with Crippen molar-refractivity contribution in [1.82, 2.24) is 15.1 Å². The van der Waals surface area contributed by atoms with Crippen LogP contribution in [0.3, 0.4) is 0 Å². The average Bonchev–Trinajstić information content (AvgIpc) is 3.56. The first-order valence-electron chi connectivity index (χ1n) is 15.7. The van der Waals surface area contributed by atoms with Crippen molar-refractivity contribution in [3.63, 3.8) is 0 Å². The van der Waals surface area contributed by atoms with Crippen molar-refractivity contribution in [2.24, 2.45) is 11.8 Å². The molecule has 3 amide bonds. The zero-order valence-electron chi connectivity index (χ0n) is 24.5. The maximum absolute atomic E-state index is 14.8. The third kappa shape index (κ3) is 6.06.